The van der Waals surface area contributed by atoms with Gasteiger partial charge in [0.25, 0.3) is 0 Å². The zero-order valence-corrected chi connectivity index (χ0v) is 53.1. The monoisotopic (exact) mass is 1060 g/mol. The van der Waals surface area contributed by atoms with E-state index in [0.29, 0.717) is 32.5 Å². The van der Waals surface area contributed by atoms with Crippen molar-refractivity contribution >= 4 is 37.3 Å². The summed E-state index contributed by atoms with van der Waals surface area (Å²) in [5.41, 5.74) is 9.48. The van der Waals surface area contributed by atoms with E-state index in [1.165, 1.54) is 76.2 Å². The van der Waals surface area contributed by atoms with Gasteiger partial charge in [-0.3, -0.25) is 30.0 Å². The van der Waals surface area contributed by atoms with Crippen molar-refractivity contribution in [1.29, 1.82) is 0 Å². The van der Waals surface area contributed by atoms with Gasteiger partial charge < -0.3 is 5.32 Å². The van der Waals surface area contributed by atoms with Gasteiger partial charge in [-0.05, 0) is 143 Å². The van der Waals surface area contributed by atoms with Gasteiger partial charge in [-0.1, -0.05) is 217 Å². The van der Waals surface area contributed by atoms with E-state index in [4.69, 9.17) is 0 Å². The smallest absolute Gasteiger partial charge is 0.0514 e. The maximum atomic E-state index is 4.56. The molecule has 0 saturated heterocycles. The third kappa shape index (κ3) is 48.5. The van der Waals surface area contributed by atoms with Gasteiger partial charge in [0.15, 0.2) is 0 Å². The molecule has 0 bridgehead atoms. The van der Waals surface area contributed by atoms with Crippen LogP contribution in [0.25, 0.3) is 0 Å². The quantitative estimate of drug-likeness (QED) is 0.0545. The first-order valence-corrected chi connectivity index (χ1v) is 30.0. The van der Waals surface area contributed by atoms with Crippen molar-refractivity contribution in [3.63, 3.8) is 0 Å². The van der Waals surface area contributed by atoms with E-state index in [9.17, 15) is 0 Å². The Morgan fingerprint density at radius 1 is 0.247 bits per heavy atom. The van der Waals surface area contributed by atoms with E-state index < -0.39 is 0 Å². The number of hydrogen-bond donors (Lipinski definition) is 1. The Hall–Kier alpha value is -4.36. The molecule has 0 unspecified atom stereocenters. The van der Waals surface area contributed by atoms with Gasteiger partial charge in [0.05, 0.1) is 6.54 Å². The maximum Gasteiger partial charge on any atom is 0.0514 e. The molecule has 7 heteroatoms. The zero-order chi connectivity index (χ0) is 57.7. The Labute approximate surface area is 475 Å². The van der Waals surface area contributed by atoms with Crippen molar-refractivity contribution in [2.24, 2.45) is 62.4 Å². The molecule has 3 rings (SSSR count). The number of unbranched alkanes of at least 4 members (excludes halogenated alkanes) is 3. The summed E-state index contributed by atoms with van der Waals surface area (Å²) in [6.45, 7) is 48.5. The van der Waals surface area contributed by atoms with Gasteiger partial charge in [-0.2, -0.15) is 0 Å². The Balaban J connectivity index is 0.000000579. The molecule has 77 heavy (non-hydrogen) atoms. The minimum absolute atomic E-state index is 0.396. The predicted molar refractivity (Wildman–Crippen MR) is 348 cm³/mol. The van der Waals surface area contributed by atoms with Crippen LogP contribution >= 0.6 is 0 Å². The molecule has 7 nitrogen and oxygen atoms in total. The van der Waals surface area contributed by atoms with Crippen molar-refractivity contribution in [2.45, 2.75) is 215 Å². The SMILES string of the molecule is CC(C)(C)CCCCCN=Cc1ccc(C=NCCNCCC(C)(C)C)cc1.CC(C)(C)CCCCN=Cc1ccc(C=NCCCC(C)(C)C)cc1.CC(C)(C)CCCN=Cc1ccc(C=NCCCC(C)(C)C)cc1. The van der Waals surface area contributed by atoms with Crippen molar-refractivity contribution in [1.82, 2.24) is 5.32 Å². The first kappa shape index (κ1) is 70.7. The van der Waals surface area contributed by atoms with E-state index in [0.717, 1.165) is 99.4 Å². The van der Waals surface area contributed by atoms with E-state index in [1.54, 1.807) is 0 Å². The van der Waals surface area contributed by atoms with Crippen LogP contribution in [0.2, 0.25) is 0 Å². The van der Waals surface area contributed by atoms with Crippen LogP contribution in [0, 0.1) is 32.5 Å². The molecule has 1 N–H and O–H groups in total. The molecule has 0 fully saturated rings. The lowest BCUT2D eigenvalue weighted by Gasteiger charge is -2.17. The van der Waals surface area contributed by atoms with Crippen LogP contribution in [0.5, 0.6) is 0 Å². The average Bonchev–Trinajstić information content (AvgIpc) is 3.31. The highest BCUT2D eigenvalue weighted by molar-refractivity contribution is 5.85. The van der Waals surface area contributed by atoms with Crippen LogP contribution in [-0.4, -0.2) is 89.6 Å². The van der Waals surface area contributed by atoms with Crippen LogP contribution in [0.4, 0.5) is 0 Å². The van der Waals surface area contributed by atoms with E-state index in [-0.39, 0.29) is 0 Å². The molecule has 0 aliphatic carbocycles. The second-order valence-corrected chi connectivity index (χ2v) is 28.7. The molecule has 3 aromatic rings. The van der Waals surface area contributed by atoms with E-state index in [2.05, 4.69) is 233 Å². The summed E-state index contributed by atoms with van der Waals surface area (Å²) >= 11 is 0. The molecule has 0 heterocycles. The molecule has 432 valence electrons. The van der Waals surface area contributed by atoms with Crippen LogP contribution in [0.1, 0.15) is 248 Å². The molecule has 0 aliphatic heterocycles. The van der Waals surface area contributed by atoms with Gasteiger partial charge in [0.2, 0.25) is 0 Å². The molecule has 0 aliphatic rings. The number of rotatable bonds is 29. The summed E-state index contributed by atoms with van der Waals surface area (Å²) in [7, 11) is 0. The third-order valence-electron chi connectivity index (χ3n) is 12.5. The topological polar surface area (TPSA) is 86.2 Å². The van der Waals surface area contributed by atoms with Crippen molar-refractivity contribution in [2.75, 3.05) is 52.4 Å². The van der Waals surface area contributed by atoms with Gasteiger partial charge in [0, 0.05) is 76.6 Å². The van der Waals surface area contributed by atoms with Crippen molar-refractivity contribution < 1.29 is 0 Å². The molecule has 0 amide bonds. The lowest BCUT2D eigenvalue weighted by molar-refractivity contribution is 0.358. The Morgan fingerprint density at radius 2 is 0.455 bits per heavy atom. The van der Waals surface area contributed by atoms with Crippen LogP contribution in [-0.2, 0) is 0 Å². The van der Waals surface area contributed by atoms with E-state index in [1.807, 2.05) is 37.3 Å². The summed E-state index contributed by atoms with van der Waals surface area (Å²) in [4.78, 5) is 27.2. The normalized spacial score (nSPS) is 13.2. The van der Waals surface area contributed by atoms with Crippen LogP contribution in [0.15, 0.2) is 103 Å². The fraction of sp³-hybridized carbons (Fsp3) is 0.657. The summed E-state index contributed by atoms with van der Waals surface area (Å²) in [6.07, 6.45) is 28.9. The summed E-state index contributed by atoms with van der Waals surface area (Å²) in [6, 6.07) is 25.4. The van der Waals surface area contributed by atoms with Crippen LogP contribution < -0.4 is 5.32 Å². The second kappa shape index (κ2) is 38.3. The largest absolute Gasteiger partial charge is 0.315 e. The molecule has 0 radical (unpaired) electrons. The number of hydrogen-bond acceptors (Lipinski definition) is 7. The minimum atomic E-state index is 0.396. The number of benzene rings is 3. The minimum Gasteiger partial charge on any atom is -0.315 e. The Bertz CT molecular complexity index is 1990. The van der Waals surface area contributed by atoms with Crippen molar-refractivity contribution in [3.8, 4) is 0 Å². The molecule has 0 spiro atoms. The molecular weight excluding hydrogens is 939 g/mol. The fourth-order valence-electron chi connectivity index (χ4n) is 7.75. The number of nitrogens with one attached hydrogen (secondary N) is 1. The number of nitrogens with zero attached hydrogens (tertiary/aromatic N) is 6. The Kier molecular flexibility index (Phi) is 35.1. The van der Waals surface area contributed by atoms with E-state index >= 15 is 0 Å². The predicted octanol–water partition coefficient (Wildman–Crippen LogP) is 18.9. The van der Waals surface area contributed by atoms with Gasteiger partial charge in [-0.15, -0.1) is 0 Å². The molecule has 0 aromatic heterocycles. The second-order valence-electron chi connectivity index (χ2n) is 28.7. The molecule has 3 aromatic carbocycles. The first-order valence-electron chi connectivity index (χ1n) is 30.0. The summed E-state index contributed by atoms with van der Waals surface area (Å²) < 4.78 is 0. The standard InChI is InChI=1S/C25H43N3.C23H38N2.C22H36N2/c1-24(2,3)14-8-7-9-16-27-20-22-10-12-23(13-11-22)21-28-19-18-26-17-15-25(4,5)6;1-22(2,3)14-7-8-16-24-18-20-10-12-21(13-11-20)19-25-17-9-15-23(4,5)6;1-21(2,3)13-7-15-23-17-19-9-11-20(12-10-19)18-24-16-8-14-22(4,5)6/h10-13,20-21,26H,7-9,14-19H2,1-6H3;10-13,18-19H,7-9,14-17H2,1-6H3;9-12,17-18H,7-8,13-16H2,1-6H3. The first-order chi connectivity index (χ1) is 36.0. The Morgan fingerprint density at radius 3 is 0.714 bits per heavy atom. The highest BCUT2D eigenvalue weighted by atomic mass is 14.9. The van der Waals surface area contributed by atoms with Gasteiger partial charge >= 0.3 is 0 Å². The van der Waals surface area contributed by atoms with Gasteiger partial charge in [0.1, 0.15) is 0 Å². The maximum absolute atomic E-state index is 4.56. The fourth-order valence-corrected chi connectivity index (χ4v) is 7.75. The zero-order valence-electron chi connectivity index (χ0n) is 53.1. The summed E-state index contributed by atoms with van der Waals surface area (Å²) in [5, 5.41) is 3.45. The average molecular weight is 1060 g/mol. The highest BCUT2D eigenvalue weighted by Gasteiger charge is 2.12. The van der Waals surface area contributed by atoms with Crippen molar-refractivity contribution in [3.05, 3.63) is 106 Å². The van der Waals surface area contributed by atoms with Gasteiger partial charge in [-0.25, -0.2) is 0 Å². The third-order valence-corrected chi connectivity index (χ3v) is 12.5. The van der Waals surface area contributed by atoms with Crippen LogP contribution in [0.3, 0.4) is 0 Å². The molecular formula is C70H117N7. The lowest BCUT2D eigenvalue weighted by Crippen LogP contribution is -2.23. The molecule has 0 atom stereocenters. The summed E-state index contributed by atoms with van der Waals surface area (Å²) in [5.74, 6) is 0. The lowest BCUT2D eigenvalue weighted by atomic mass is 9.89. The molecule has 0 saturated carbocycles. The highest BCUT2D eigenvalue weighted by Crippen LogP contribution is 2.24. The number of aliphatic imine (C=N–C) groups is 6.